The molecule has 0 fully saturated rings. The van der Waals surface area contributed by atoms with Crippen LogP contribution in [0.5, 0.6) is 11.5 Å². The van der Waals surface area contributed by atoms with E-state index in [2.05, 4.69) is 0 Å². The zero-order chi connectivity index (χ0) is 15.1. The summed E-state index contributed by atoms with van der Waals surface area (Å²) in [5.41, 5.74) is 1.16. The Morgan fingerprint density at radius 3 is 2.38 bits per heavy atom. The van der Waals surface area contributed by atoms with Crippen LogP contribution in [0.2, 0.25) is 0 Å². The molecule has 0 radical (unpaired) electrons. The van der Waals surface area contributed by atoms with Gasteiger partial charge in [0.25, 0.3) is 0 Å². The average molecular weight is 281 g/mol. The largest absolute Gasteiger partial charge is 0.490 e. The first-order chi connectivity index (χ1) is 10.2. The van der Waals surface area contributed by atoms with Crippen LogP contribution in [0.25, 0.3) is 0 Å². The van der Waals surface area contributed by atoms with E-state index in [1.54, 1.807) is 42.5 Å². The topological polar surface area (TPSA) is 59.3 Å². The van der Waals surface area contributed by atoms with Gasteiger partial charge in [-0.2, -0.15) is 5.26 Å². The molecule has 0 saturated heterocycles. The summed E-state index contributed by atoms with van der Waals surface area (Å²) in [5.74, 6) is 1.21. The van der Waals surface area contributed by atoms with Gasteiger partial charge in [0, 0.05) is 0 Å². The summed E-state index contributed by atoms with van der Waals surface area (Å²) in [7, 11) is 0. The van der Waals surface area contributed by atoms with Crippen LogP contribution in [-0.2, 0) is 0 Å². The van der Waals surface area contributed by atoms with Gasteiger partial charge in [0.1, 0.15) is 24.7 Å². The lowest BCUT2D eigenvalue weighted by Crippen LogP contribution is -2.10. The number of hydrogen-bond donors (Lipinski definition) is 0. The van der Waals surface area contributed by atoms with Crippen molar-refractivity contribution < 1.29 is 14.3 Å². The summed E-state index contributed by atoms with van der Waals surface area (Å²) in [6.45, 7) is 2.21. The molecule has 2 aromatic rings. The molecule has 0 aliphatic carbocycles. The lowest BCUT2D eigenvalue weighted by molar-refractivity contribution is 0.101. The molecule has 0 atom stereocenters. The van der Waals surface area contributed by atoms with E-state index in [1.807, 2.05) is 12.1 Å². The third-order valence-electron chi connectivity index (χ3n) is 2.86. The van der Waals surface area contributed by atoms with Crippen molar-refractivity contribution in [2.45, 2.75) is 6.92 Å². The highest BCUT2D eigenvalue weighted by Gasteiger charge is 2.06. The lowest BCUT2D eigenvalue weighted by atomic mass is 10.1. The number of carbonyl (C=O) groups is 1. The van der Waals surface area contributed by atoms with Crippen LogP contribution in [-0.4, -0.2) is 19.0 Å². The molecule has 0 bridgehead atoms. The van der Waals surface area contributed by atoms with E-state index in [4.69, 9.17) is 14.7 Å². The molecule has 0 unspecified atom stereocenters. The Morgan fingerprint density at radius 2 is 1.71 bits per heavy atom. The van der Waals surface area contributed by atoms with Crippen LogP contribution in [0.1, 0.15) is 22.8 Å². The molecule has 0 aliphatic heterocycles. The predicted octanol–water partition coefficient (Wildman–Crippen LogP) is 3.22. The van der Waals surface area contributed by atoms with Crippen molar-refractivity contribution in [1.82, 2.24) is 0 Å². The Morgan fingerprint density at radius 1 is 1.05 bits per heavy atom. The molecule has 106 valence electrons. The molecule has 4 heteroatoms. The van der Waals surface area contributed by atoms with Crippen LogP contribution in [0, 0.1) is 11.3 Å². The third kappa shape index (κ3) is 4.08. The summed E-state index contributed by atoms with van der Waals surface area (Å²) in [5, 5.41) is 8.70. The second-order valence-electron chi connectivity index (χ2n) is 4.39. The summed E-state index contributed by atoms with van der Waals surface area (Å²) in [6.07, 6.45) is 0. The predicted molar refractivity (Wildman–Crippen MR) is 78.6 cm³/mol. The van der Waals surface area contributed by atoms with Gasteiger partial charge in [0.2, 0.25) is 0 Å². The highest BCUT2D eigenvalue weighted by molar-refractivity contribution is 5.96. The van der Waals surface area contributed by atoms with Gasteiger partial charge in [-0.05, 0) is 43.3 Å². The van der Waals surface area contributed by atoms with E-state index in [-0.39, 0.29) is 5.78 Å². The Hall–Kier alpha value is -2.80. The zero-order valence-electron chi connectivity index (χ0n) is 11.7. The van der Waals surface area contributed by atoms with Crippen molar-refractivity contribution in [1.29, 1.82) is 5.26 Å². The lowest BCUT2D eigenvalue weighted by Gasteiger charge is -2.10. The number of Topliss-reactive ketones (excluding diaryl/α,β-unsaturated/α-hetero) is 1. The van der Waals surface area contributed by atoms with Gasteiger partial charge in [0.15, 0.2) is 5.78 Å². The smallest absolute Gasteiger partial charge is 0.163 e. The number of carbonyl (C=O) groups excluding carboxylic acids is 1. The number of ether oxygens (including phenoxy) is 2. The Kier molecular flexibility index (Phi) is 4.94. The number of para-hydroxylation sites is 1. The first-order valence-corrected chi connectivity index (χ1v) is 6.56. The molecule has 0 aromatic heterocycles. The molecule has 4 nitrogen and oxygen atoms in total. The Balaban J connectivity index is 1.85. The fourth-order valence-corrected chi connectivity index (χ4v) is 1.82. The van der Waals surface area contributed by atoms with Crippen LogP contribution in [0.4, 0.5) is 0 Å². The molecular weight excluding hydrogens is 266 g/mol. The minimum Gasteiger partial charge on any atom is -0.490 e. The zero-order valence-corrected chi connectivity index (χ0v) is 11.7. The summed E-state index contributed by atoms with van der Waals surface area (Å²) in [4.78, 5) is 11.4. The highest BCUT2D eigenvalue weighted by Crippen LogP contribution is 2.18. The quantitative estimate of drug-likeness (QED) is 0.602. The SMILES string of the molecule is CC(=O)c1ccccc1OCCOc1ccc(C#N)cc1. The molecule has 2 aromatic carbocycles. The van der Waals surface area contributed by atoms with E-state index < -0.39 is 0 Å². The maximum atomic E-state index is 11.4. The van der Waals surface area contributed by atoms with Gasteiger partial charge in [-0.25, -0.2) is 0 Å². The van der Waals surface area contributed by atoms with Gasteiger partial charge in [-0.1, -0.05) is 12.1 Å². The van der Waals surface area contributed by atoms with Crippen molar-refractivity contribution in [3.63, 3.8) is 0 Å². The summed E-state index contributed by atoms with van der Waals surface area (Å²) in [6, 6.07) is 16.0. The van der Waals surface area contributed by atoms with Crippen LogP contribution in [0.15, 0.2) is 48.5 Å². The highest BCUT2D eigenvalue weighted by atomic mass is 16.5. The summed E-state index contributed by atoms with van der Waals surface area (Å²) >= 11 is 0. The van der Waals surface area contributed by atoms with Crippen molar-refractivity contribution in [2.75, 3.05) is 13.2 Å². The molecule has 2 rings (SSSR count). The molecule has 0 N–H and O–H groups in total. The van der Waals surface area contributed by atoms with Gasteiger partial charge < -0.3 is 9.47 Å². The Labute approximate surface area is 123 Å². The van der Waals surface area contributed by atoms with E-state index in [1.165, 1.54) is 6.92 Å². The number of benzene rings is 2. The number of nitriles is 1. The molecule has 0 aliphatic rings. The van der Waals surface area contributed by atoms with Gasteiger partial charge in [-0.15, -0.1) is 0 Å². The fourth-order valence-electron chi connectivity index (χ4n) is 1.82. The number of hydrogen-bond acceptors (Lipinski definition) is 4. The van der Waals surface area contributed by atoms with Crippen LogP contribution >= 0.6 is 0 Å². The minimum atomic E-state index is -0.0291. The maximum Gasteiger partial charge on any atom is 0.163 e. The van der Waals surface area contributed by atoms with Crippen molar-refractivity contribution in [3.05, 3.63) is 59.7 Å². The van der Waals surface area contributed by atoms with E-state index >= 15 is 0 Å². The molecule has 0 saturated carbocycles. The van der Waals surface area contributed by atoms with Crippen molar-refractivity contribution in [2.24, 2.45) is 0 Å². The molecule has 0 amide bonds. The standard InChI is InChI=1S/C17H15NO3/c1-13(19)16-4-2-3-5-17(16)21-11-10-20-15-8-6-14(12-18)7-9-15/h2-9H,10-11H2,1H3. The van der Waals surface area contributed by atoms with Crippen molar-refractivity contribution in [3.8, 4) is 17.6 Å². The van der Waals surface area contributed by atoms with E-state index in [9.17, 15) is 4.79 Å². The molecule has 0 heterocycles. The monoisotopic (exact) mass is 281 g/mol. The van der Waals surface area contributed by atoms with Crippen LogP contribution in [0.3, 0.4) is 0 Å². The average Bonchev–Trinajstić information content (AvgIpc) is 2.52. The van der Waals surface area contributed by atoms with Crippen molar-refractivity contribution >= 4 is 5.78 Å². The first-order valence-electron chi connectivity index (χ1n) is 6.56. The number of nitrogens with zero attached hydrogens (tertiary/aromatic N) is 1. The van der Waals surface area contributed by atoms with E-state index in [0.717, 1.165) is 0 Å². The van der Waals surface area contributed by atoms with Gasteiger partial charge in [-0.3, -0.25) is 4.79 Å². The van der Waals surface area contributed by atoms with Crippen LogP contribution < -0.4 is 9.47 Å². The second-order valence-corrected chi connectivity index (χ2v) is 4.39. The third-order valence-corrected chi connectivity index (χ3v) is 2.86. The fraction of sp³-hybridized carbons (Fsp3) is 0.176. The first kappa shape index (κ1) is 14.6. The molecule has 0 spiro atoms. The number of ketones is 1. The molecule has 21 heavy (non-hydrogen) atoms. The van der Waals surface area contributed by atoms with E-state index in [0.29, 0.717) is 35.8 Å². The Bertz CT molecular complexity index is 656. The van der Waals surface area contributed by atoms with Gasteiger partial charge >= 0.3 is 0 Å². The normalized spacial score (nSPS) is 9.71. The maximum absolute atomic E-state index is 11.4. The number of rotatable bonds is 6. The minimum absolute atomic E-state index is 0.0291. The molecular formula is C17H15NO3. The van der Waals surface area contributed by atoms with Gasteiger partial charge in [0.05, 0.1) is 17.2 Å². The summed E-state index contributed by atoms with van der Waals surface area (Å²) < 4.78 is 11.1. The second kappa shape index (κ2) is 7.11.